The topological polar surface area (TPSA) is 38.0 Å². The largest absolute Gasteiger partial charge is 0.435 e. The first-order valence-electron chi connectivity index (χ1n) is 3.71. The molecular formula is C7H8F4N2O. The average molecular weight is 212 g/mol. The van der Waals surface area contributed by atoms with Crippen LogP contribution in [0.1, 0.15) is 17.5 Å². The summed E-state index contributed by atoms with van der Waals surface area (Å²) in [6.07, 6.45) is -6.14. The number of halogens is 4. The van der Waals surface area contributed by atoms with Gasteiger partial charge in [0.15, 0.2) is 5.69 Å². The molecule has 7 heteroatoms. The van der Waals surface area contributed by atoms with Crippen LogP contribution in [0.4, 0.5) is 17.6 Å². The molecule has 1 aromatic rings. The highest BCUT2D eigenvalue weighted by Crippen LogP contribution is 2.29. The van der Waals surface area contributed by atoms with Gasteiger partial charge in [0, 0.05) is 7.05 Å². The van der Waals surface area contributed by atoms with Crippen molar-refractivity contribution >= 4 is 0 Å². The molecule has 0 amide bonds. The van der Waals surface area contributed by atoms with Gasteiger partial charge in [-0.1, -0.05) is 0 Å². The summed E-state index contributed by atoms with van der Waals surface area (Å²) in [4.78, 5) is 0. The zero-order valence-electron chi connectivity index (χ0n) is 7.22. The summed E-state index contributed by atoms with van der Waals surface area (Å²) in [7, 11) is 1.21. The van der Waals surface area contributed by atoms with E-state index in [-0.39, 0.29) is 5.69 Å². The van der Waals surface area contributed by atoms with Crippen LogP contribution in [-0.2, 0) is 13.2 Å². The van der Waals surface area contributed by atoms with Crippen molar-refractivity contribution in [1.82, 2.24) is 9.78 Å². The fourth-order valence-corrected chi connectivity index (χ4v) is 1.01. The molecule has 0 saturated carbocycles. The van der Waals surface area contributed by atoms with Gasteiger partial charge in [0.1, 0.15) is 12.8 Å². The Morgan fingerprint density at radius 2 is 2.14 bits per heavy atom. The van der Waals surface area contributed by atoms with Crippen LogP contribution in [0.5, 0.6) is 0 Å². The van der Waals surface area contributed by atoms with Gasteiger partial charge in [0.2, 0.25) is 0 Å². The second-order valence-electron chi connectivity index (χ2n) is 2.75. The third kappa shape index (κ3) is 2.03. The number of aromatic nitrogens is 2. The minimum Gasteiger partial charge on any atom is -0.384 e. The number of rotatable bonds is 2. The van der Waals surface area contributed by atoms with E-state index < -0.39 is 24.6 Å². The molecule has 0 fully saturated rings. The molecule has 1 N–H and O–H groups in total. The van der Waals surface area contributed by atoms with E-state index in [1.807, 2.05) is 0 Å². The van der Waals surface area contributed by atoms with Crippen molar-refractivity contribution < 1.29 is 22.7 Å². The minimum absolute atomic E-state index is 0.195. The van der Waals surface area contributed by atoms with Crippen molar-refractivity contribution in [3.8, 4) is 0 Å². The maximum Gasteiger partial charge on any atom is 0.435 e. The predicted octanol–water partition coefficient (Wildman–Crippen LogP) is 1.44. The molecule has 0 aromatic carbocycles. The number of aliphatic hydroxyl groups excluding tert-OH is 1. The van der Waals surface area contributed by atoms with Gasteiger partial charge in [-0.05, 0) is 6.07 Å². The minimum atomic E-state index is -4.58. The number of nitrogens with zero attached hydrogens (tertiary/aromatic N) is 2. The van der Waals surface area contributed by atoms with E-state index in [2.05, 4.69) is 5.10 Å². The summed E-state index contributed by atoms with van der Waals surface area (Å²) in [6, 6.07) is 0.629. The summed E-state index contributed by atoms with van der Waals surface area (Å²) in [5.74, 6) is 0. The molecule has 1 rings (SSSR count). The lowest BCUT2D eigenvalue weighted by molar-refractivity contribution is -0.141. The Labute approximate surface area is 77.0 Å². The summed E-state index contributed by atoms with van der Waals surface area (Å²) in [5, 5.41) is 12.1. The zero-order valence-corrected chi connectivity index (χ0v) is 7.22. The van der Waals surface area contributed by atoms with Crippen LogP contribution in [0.15, 0.2) is 6.07 Å². The van der Waals surface area contributed by atoms with Crippen LogP contribution < -0.4 is 0 Å². The molecule has 3 nitrogen and oxygen atoms in total. The molecule has 1 unspecified atom stereocenters. The first kappa shape index (κ1) is 11.0. The van der Waals surface area contributed by atoms with Crippen molar-refractivity contribution in [2.24, 2.45) is 7.05 Å². The molecule has 0 bridgehead atoms. The van der Waals surface area contributed by atoms with Gasteiger partial charge in [0.25, 0.3) is 0 Å². The second-order valence-corrected chi connectivity index (χ2v) is 2.75. The molecule has 14 heavy (non-hydrogen) atoms. The summed E-state index contributed by atoms with van der Waals surface area (Å²) in [5.41, 5.74) is -1.33. The van der Waals surface area contributed by atoms with Gasteiger partial charge in [-0.15, -0.1) is 0 Å². The van der Waals surface area contributed by atoms with E-state index in [4.69, 9.17) is 5.11 Å². The monoisotopic (exact) mass is 212 g/mol. The van der Waals surface area contributed by atoms with Crippen molar-refractivity contribution in [2.45, 2.75) is 12.3 Å². The Morgan fingerprint density at radius 1 is 1.57 bits per heavy atom. The van der Waals surface area contributed by atoms with E-state index in [0.29, 0.717) is 6.07 Å². The van der Waals surface area contributed by atoms with E-state index in [0.717, 1.165) is 4.68 Å². The lowest BCUT2D eigenvalue weighted by Gasteiger charge is -2.04. The van der Waals surface area contributed by atoms with E-state index >= 15 is 0 Å². The highest BCUT2D eigenvalue weighted by atomic mass is 19.4. The molecule has 80 valence electrons. The van der Waals surface area contributed by atoms with E-state index in [9.17, 15) is 17.6 Å². The second kappa shape index (κ2) is 3.56. The number of aliphatic hydroxyl groups is 1. The molecule has 1 atom stereocenters. The summed E-state index contributed by atoms with van der Waals surface area (Å²) in [6.45, 7) is -1.14. The molecule has 0 radical (unpaired) electrons. The Kier molecular flexibility index (Phi) is 2.79. The highest BCUT2D eigenvalue weighted by molar-refractivity contribution is 5.15. The van der Waals surface area contributed by atoms with Crippen LogP contribution in [-0.4, -0.2) is 21.6 Å². The molecule has 0 saturated heterocycles. The summed E-state index contributed by atoms with van der Waals surface area (Å²) >= 11 is 0. The van der Waals surface area contributed by atoms with Gasteiger partial charge in [-0.2, -0.15) is 18.3 Å². The van der Waals surface area contributed by atoms with Crippen molar-refractivity contribution in [1.29, 1.82) is 0 Å². The number of alkyl halides is 4. The maximum absolute atomic E-state index is 12.1. The van der Waals surface area contributed by atoms with Gasteiger partial charge in [-0.25, -0.2) is 4.39 Å². The summed E-state index contributed by atoms with van der Waals surface area (Å²) < 4.78 is 49.1. The molecule has 0 aliphatic rings. The molecule has 1 aromatic heterocycles. The van der Waals surface area contributed by atoms with Gasteiger partial charge < -0.3 is 5.11 Å². The normalized spacial score (nSPS) is 14.4. The van der Waals surface area contributed by atoms with Crippen molar-refractivity contribution in [3.05, 3.63) is 17.5 Å². The Bertz CT molecular complexity index is 320. The van der Waals surface area contributed by atoms with Crippen LogP contribution in [0, 0.1) is 0 Å². The van der Waals surface area contributed by atoms with Crippen LogP contribution in [0.25, 0.3) is 0 Å². The van der Waals surface area contributed by atoms with E-state index in [1.54, 1.807) is 0 Å². The van der Waals surface area contributed by atoms with Crippen molar-refractivity contribution in [2.75, 3.05) is 6.67 Å². The quantitative estimate of drug-likeness (QED) is 0.753. The van der Waals surface area contributed by atoms with E-state index in [1.165, 1.54) is 7.05 Å². The fraction of sp³-hybridized carbons (Fsp3) is 0.571. The maximum atomic E-state index is 12.1. The third-order valence-electron chi connectivity index (χ3n) is 1.69. The SMILES string of the molecule is Cn1nc(C(F)(F)F)cc1C(O)CF. The zero-order chi connectivity index (χ0) is 10.9. The lowest BCUT2D eigenvalue weighted by atomic mass is 10.2. The smallest absolute Gasteiger partial charge is 0.384 e. The van der Waals surface area contributed by atoms with Crippen LogP contribution >= 0.6 is 0 Å². The standard InChI is InChI=1S/C7H8F4N2O/c1-13-4(5(14)3-8)2-6(12-13)7(9,10)11/h2,5,14H,3H2,1H3. The first-order chi connectivity index (χ1) is 6.36. The van der Waals surface area contributed by atoms with Gasteiger partial charge in [0.05, 0.1) is 5.69 Å². The number of hydrogen-bond acceptors (Lipinski definition) is 2. The number of hydrogen-bond donors (Lipinski definition) is 1. The van der Waals surface area contributed by atoms with Gasteiger partial charge >= 0.3 is 6.18 Å². The Morgan fingerprint density at radius 3 is 2.50 bits per heavy atom. The fourth-order valence-electron chi connectivity index (χ4n) is 1.01. The Balaban J connectivity index is 3.05. The predicted molar refractivity (Wildman–Crippen MR) is 39.1 cm³/mol. The molecule has 1 heterocycles. The average Bonchev–Trinajstić information content (AvgIpc) is 2.45. The highest BCUT2D eigenvalue weighted by Gasteiger charge is 2.35. The van der Waals surface area contributed by atoms with Crippen molar-refractivity contribution in [3.63, 3.8) is 0 Å². The molecule has 0 aliphatic heterocycles. The first-order valence-corrected chi connectivity index (χ1v) is 3.71. The molecular weight excluding hydrogens is 204 g/mol. The van der Waals surface area contributed by atoms with Crippen LogP contribution in [0.2, 0.25) is 0 Å². The third-order valence-corrected chi connectivity index (χ3v) is 1.69. The van der Waals surface area contributed by atoms with Crippen LogP contribution in [0.3, 0.4) is 0 Å². The molecule has 0 spiro atoms. The lowest BCUT2D eigenvalue weighted by Crippen LogP contribution is -2.07. The molecule has 0 aliphatic carbocycles. The Hall–Kier alpha value is -1.11. The van der Waals surface area contributed by atoms with Gasteiger partial charge in [-0.3, -0.25) is 4.68 Å². The number of aryl methyl sites for hydroxylation is 1.